The maximum atomic E-state index is 13.2. The predicted octanol–water partition coefficient (Wildman–Crippen LogP) is 6.08. The lowest BCUT2D eigenvalue weighted by molar-refractivity contribution is 0.0941. The highest BCUT2D eigenvalue weighted by Crippen LogP contribution is 2.27. The van der Waals surface area contributed by atoms with Gasteiger partial charge in [-0.15, -0.1) is 0 Å². The highest BCUT2D eigenvalue weighted by molar-refractivity contribution is 5.96. The van der Waals surface area contributed by atoms with E-state index in [1.54, 1.807) is 0 Å². The van der Waals surface area contributed by atoms with Crippen LogP contribution in [0.25, 0.3) is 11.3 Å². The van der Waals surface area contributed by atoms with Gasteiger partial charge >= 0.3 is 0 Å². The summed E-state index contributed by atoms with van der Waals surface area (Å²) in [5.74, 6) is 1.15. The molecule has 0 fully saturated rings. The molecule has 0 aliphatic heterocycles. The van der Waals surface area contributed by atoms with Crippen LogP contribution in [0.5, 0.6) is 0 Å². The van der Waals surface area contributed by atoms with Crippen molar-refractivity contribution in [3.8, 4) is 11.3 Å². The summed E-state index contributed by atoms with van der Waals surface area (Å²) in [7, 11) is 0. The van der Waals surface area contributed by atoms with Crippen LogP contribution in [0.15, 0.2) is 95.4 Å². The van der Waals surface area contributed by atoms with Gasteiger partial charge in [-0.25, -0.2) is 0 Å². The molecule has 0 aliphatic rings. The Morgan fingerprint density at radius 1 is 0.793 bits per heavy atom. The molecule has 3 heteroatoms. The summed E-state index contributed by atoms with van der Waals surface area (Å²) in [5, 5.41) is 3.19. The Labute approximate surface area is 171 Å². The van der Waals surface area contributed by atoms with Crippen LogP contribution in [0.3, 0.4) is 0 Å². The number of carbonyl (C=O) groups excluding carboxylic acids is 1. The van der Waals surface area contributed by atoms with E-state index in [0.29, 0.717) is 17.1 Å². The largest absolute Gasteiger partial charge is 0.461 e. The molecule has 0 saturated heterocycles. The van der Waals surface area contributed by atoms with E-state index in [0.717, 1.165) is 16.7 Å². The molecule has 3 aromatic carbocycles. The van der Waals surface area contributed by atoms with Crippen molar-refractivity contribution in [2.75, 3.05) is 0 Å². The fourth-order valence-electron chi connectivity index (χ4n) is 3.42. The van der Waals surface area contributed by atoms with Gasteiger partial charge in [-0.05, 0) is 31.0 Å². The van der Waals surface area contributed by atoms with Crippen LogP contribution in [0.2, 0.25) is 0 Å². The highest BCUT2D eigenvalue weighted by atomic mass is 16.3. The number of amides is 1. The van der Waals surface area contributed by atoms with Gasteiger partial charge in [-0.1, -0.05) is 90.5 Å². The van der Waals surface area contributed by atoms with Gasteiger partial charge in [0.25, 0.3) is 5.91 Å². The number of nitrogens with one attached hydrogen (secondary N) is 1. The smallest absolute Gasteiger partial charge is 0.255 e. The number of hydrogen-bond acceptors (Lipinski definition) is 2. The zero-order chi connectivity index (χ0) is 20.2. The lowest BCUT2D eigenvalue weighted by Crippen LogP contribution is -2.29. The third-order valence-electron chi connectivity index (χ3n) is 5.04. The van der Waals surface area contributed by atoms with E-state index in [1.807, 2.05) is 73.7 Å². The van der Waals surface area contributed by atoms with Crippen molar-refractivity contribution in [2.24, 2.45) is 0 Å². The third-order valence-corrected chi connectivity index (χ3v) is 5.04. The zero-order valence-electron chi connectivity index (χ0n) is 16.6. The minimum Gasteiger partial charge on any atom is -0.461 e. The average molecular weight is 381 g/mol. The topological polar surface area (TPSA) is 42.2 Å². The average Bonchev–Trinajstić information content (AvgIpc) is 3.16. The number of carbonyl (C=O) groups is 1. The Bertz CT molecular complexity index is 1100. The molecular formula is C26H23NO2. The molecule has 1 atom stereocenters. The standard InChI is InChI=1S/C26H23NO2/c1-18-13-15-22(16-14-18)25(21-11-7-4-8-12-21)27-26(28)23-17-24(29-19(23)2)20-9-5-3-6-10-20/h3-17,25H,1-2H3,(H,27,28)/t25-/m1/s1. The molecule has 0 aliphatic carbocycles. The first-order chi connectivity index (χ1) is 14.1. The molecule has 0 unspecified atom stereocenters. The molecule has 1 heterocycles. The molecule has 0 radical (unpaired) electrons. The van der Waals surface area contributed by atoms with Gasteiger partial charge in [-0.3, -0.25) is 4.79 Å². The first kappa shape index (κ1) is 18.8. The van der Waals surface area contributed by atoms with Crippen LogP contribution < -0.4 is 5.32 Å². The second-order valence-electron chi connectivity index (χ2n) is 7.17. The summed E-state index contributed by atoms with van der Waals surface area (Å²) in [6.45, 7) is 3.88. The number of benzene rings is 3. The van der Waals surface area contributed by atoms with Gasteiger partial charge in [0.1, 0.15) is 11.5 Å². The van der Waals surface area contributed by atoms with Crippen LogP contribution in [-0.2, 0) is 0 Å². The van der Waals surface area contributed by atoms with Crippen molar-refractivity contribution in [3.05, 3.63) is 119 Å². The number of rotatable bonds is 5. The molecule has 144 valence electrons. The Morgan fingerprint density at radius 2 is 1.38 bits per heavy atom. The van der Waals surface area contributed by atoms with Gasteiger partial charge in [0.05, 0.1) is 11.6 Å². The third kappa shape index (κ3) is 4.14. The van der Waals surface area contributed by atoms with Gasteiger partial charge in [0.15, 0.2) is 0 Å². The minimum absolute atomic E-state index is 0.150. The Kier molecular flexibility index (Phi) is 5.30. The van der Waals surface area contributed by atoms with Crippen LogP contribution in [0.4, 0.5) is 0 Å². The lowest BCUT2D eigenvalue weighted by Gasteiger charge is -2.20. The summed E-state index contributed by atoms with van der Waals surface area (Å²) in [5.41, 5.74) is 4.77. The van der Waals surface area contributed by atoms with E-state index in [9.17, 15) is 4.79 Å². The molecular weight excluding hydrogens is 358 g/mol. The predicted molar refractivity (Wildman–Crippen MR) is 116 cm³/mol. The van der Waals surface area contributed by atoms with Crippen LogP contribution in [0, 0.1) is 13.8 Å². The lowest BCUT2D eigenvalue weighted by atomic mass is 9.97. The van der Waals surface area contributed by atoms with Crippen LogP contribution in [0.1, 0.15) is 38.9 Å². The number of hydrogen-bond donors (Lipinski definition) is 1. The molecule has 1 N–H and O–H groups in total. The quantitative estimate of drug-likeness (QED) is 0.455. The first-order valence-corrected chi connectivity index (χ1v) is 9.70. The zero-order valence-corrected chi connectivity index (χ0v) is 16.6. The van der Waals surface area contributed by atoms with Crippen molar-refractivity contribution in [1.29, 1.82) is 0 Å². The Balaban J connectivity index is 1.65. The monoisotopic (exact) mass is 381 g/mol. The highest BCUT2D eigenvalue weighted by Gasteiger charge is 2.21. The van der Waals surface area contributed by atoms with E-state index >= 15 is 0 Å². The summed E-state index contributed by atoms with van der Waals surface area (Å²) < 4.78 is 5.87. The SMILES string of the molecule is Cc1ccc([C@H](NC(=O)c2cc(-c3ccccc3)oc2C)c2ccccc2)cc1. The van der Waals surface area contributed by atoms with Crippen molar-refractivity contribution in [1.82, 2.24) is 5.32 Å². The molecule has 3 nitrogen and oxygen atoms in total. The van der Waals surface area contributed by atoms with Gasteiger partial charge in [0.2, 0.25) is 0 Å². The van der Waals surface area contributed by atoms with Crippen molar-refractivity contribution >= 4 is 5.91 Å². The maximum Gasteiger partial charge on any atom is 0.255 e. The Hall–Kier alpha value is -3.59. The van der Waals surface area contributed by atoms with E-state index < -0.39 is 0 Å². The minimum atomic E-state index is -0.237. The van der Waals surface area contributed by atoms with Gasteiger partial charge in [-0.2, -0.15) is 0 Å². The maximum absolute atomic E-state index is 13.2. The summed E-state index contributed by atoms with van der Waals surface area (Å²) in [4.78, 5) is 13.2. The molecule has 0 spiro atoms. The Morgan fingerprint density at radius 3 is 2.03 bits per heavy atom. The van der Waals surface area contributed by atoms with Gasteiger partial charge in [0, 0.05) is 5.56 Å². The summed E-state index contributed by atoms with van der Waals surface area (Å²) >= 11 is 0. The van der Waals surface area contributed by atoms with E-state index in [1.165, 1.54) is 5.56 Å². The molecule has 0 bridgehead atoms. The fourth-order valence-corrected chi connectivity index (χ4v) is 3.42. The summed E-state index contributed by atoms with van der Waals surface area (Å²) in [6, 6.07) is 29.6. The fraction of sp³-hybridized carbons (Fsp3) is 0.115. The second-order valence-corrected chi connectivity index (χ2v) is 7.17. The van der Waals surface area contributed by atoms with Crippen molar-refractivity contribution in [3.63, 3.8) is 0 Å². The van der Waals surface area contributed by atoms with Crippen LogP contribution in [-0.4, -0.2) is 5.91 Å². The first-order valence-electron chi connectivity index (χ1n) is 9.70. The molecule has 4 aromatic rings. The second kappa shape index (κ2) is 8.19. The number of furan rings is 1. The van der Waals surface area contributed by atoms with E-state index in [4.69, 9.17) is 4.42 Å². The molecule has 1 aromatic heterocycles. The normalized spacial score (nSPS) is 11.8. The van der Waals surface area contributed by atoms with E-state index in [2.05, 4.69) is 36.5 Å². The van der Waals surface area contributed by atoms with Crippen LogP contribution >= 0.6 is 0 Å². The van der Waals surface area contributed by atoms with Crippen molar-refractivity contribution < 1.29 is 9.21 Å². The van der Waals surface area contributed by atoms with Gasteiger partial charge < -0.3 is 9.73 Å². The summed E-state index contributed by atoms with van der Waals surface area (Å²) in [6.07, 6.45) is 0. The number of aryl methyl sites for hydroxylation is 2. The molecule has 29 heavy (non-hydrogen) atoms. The molecule has 1 amide bonds. The molecule has 0 saturated carbocycles. The van der Waals surface area contributed by atoms with Crippen molar-refractivity contribution in [2.45, 2.75) is 19.9 Å². The van der Waals surface area contributed by atoms with E-state index in [-0.39, 0.29) is 11.9 Å². The molecule has 4 rings (SSSR count).